The molecule has 3 aromatic rings. The fourth-order valence-electron chi connectivity index (χ4n) is 5.19. The largest absolute Gasteiger partial charge is 0.454 e. The van der Waals surface area contributed by atoms with E-state index >= 15 is 0 Å². The zero-order valence-electron chi connectivity index (χ0n) is 28.3. The summed E-state index contributed by atoms with van der Waals surface area (Å²) in [5.41, 5.74) is -4.31. The Bertz CT molecular complexity index is 1730. The predicted octanol–water partition coefficient (Wildman–Crippen LogP) is 1.01. The van der Waals surface area contributed by atoms with E-state index in [1.807, 2.05) is 0 Å². The molecule has 0 radical (unpaired) electrons. The van der Waals surface area contributed by atoms with Gasteiger partial charge in [0.25, 0.3) is 0 Å². The summed E-state index contributed by atoms with van der Waals surface area (Å²) in [7, 11) is -3.50. The van der Waals surface area contributed by atoms with Crippen molar-refractivity contribution in [3.8, 4) is 0 Å². The van der Waals surface area contributed by atoms with E-state index in [2.05, 4.69) is 15.4 Å². The average molecular weight is 810 g/mol. The van der Waals surface area contributed by atoms with Crippen molar-refractivity contribution in [2.24, 2.45) is 0 Å². The molecule has 1 fully saturated rings. The number of rotatable bonds is 13. The number of nitrogens with zero attached hydrogens (tertiary/aromatic N) is 3. The highest BCUT2D eigenvalue weighted by Gasteiger charge is 2.40. The molecule has 24 heteroatoms. The Hall–Kier alpha value is -3.32. The van der Waals surface area contributed by atoms with Gasteiger partial charge < -0.3 is 50.1 Å². The minimum atomic E-state index is -5.07. The molecule has 1 saturated heterocycles. The lowest BCUT2D eigenvalue weighted by Gasteiger charge is -2.41. The summed E-state index contributed by atoms with van der Waals surface area (Å²) in [4.78, 5) is 34.3. The number of aliphatic hydroxyl groups excluding tert-OH is 5. The Labute approximate surface area is 301 Å². The average Bonchev–Trinajstić information content (AvgIpc) is 3.47. The van der Waals surface area contributed by atoms with Crippen LogP contribution in [0.5, 0.6) is 0 Å². The number of H-pyrrole nitrogens is 1. The molecule has 0 aliphatic carbocycles. The van der Waals surface area contributed by atoms with E-state index < -0.39 is 97.8 Å². The second kappa shape index (κ2) is 18.5. The van der Waals surface area contributed by atoms with Gasteiger partial charge in [0.2, 0.25) is 0 Å². The first-order valence-corrected chi connectivity index (χ1v) is 17.3. The van der Waals surface area contributed by atoms with Crippen molar-refractivity contribution in [1.29, 1.82) is 0 Å². The smallest absolute Gasteiger partial charge is 0.394 e. The van der Waals surface area contributed by atoms with Crippen molar-refractivity contribution in [2.75, 3.05) is 33.4 Å². The van der Waals surface area contributed by atoms with Gasteiger partial charge in [0, 0.05) is 13.1 Å². The molecule has 304 valence electrons. The number of hydrogen-bond acceptors (Lipinski definition) is 12. The van der Waals surface area contributed by atoms with E-state index in [1.54, 1.807) is 11.9 Å². The monoisotopic (exact) mass is 809 g/mol. The summed E-state index contributed by atoms with van der Waals surface area (Å²) in [6.45, 7) is 0.473. The standard InChI is InChI=1S/C23H22F7N4O6P.C7H17NO5/c1-12(14-8-15(22(25,26)27)10-16(9-14)23(28,29)30)40-20-19(13-2-4-17(24)5-3-13)33(6-7-39-20)11-18-31-21(35)34(32-18)41(36,37)38;1-8-2-4(10)6(12)7(13)5(11)3-9/h2-5,8-10,12,19-20H,6-7,11H2,1H3,(H,31,32,35)(H2,36,37,38);4-13H,2-3H2,1H3. The van der Waals surface area contributed by atoms with Gasteiger partial charge in [-0.25, -0.2) is 13.8 Å². The number of aromatic nitrogens is 3. The van der Waals surface area contributed by atoms with Gasteiger partial charge in [-0.05, 0) is 55.4 Å². The highest BCUT2D eigenvalue weighted by Crippen LogP contribution is 2.40. The first kappa shape index (κ1) is 45.1. The highest BCUT2D eigenvalue weighted by molar-refractivity contribution is 7.49. The molecule has 7 atom stereocenters. The molecule has 1 aliphatic heterocycles. The lowest BCUT2D eigenvalue weighted by molar-refractivity contribution is -0.231. The van der Waals surface area contributed by atoms with E-state index in [4.69, 9.17) is 29.9 Å². The van der Waals surface area contributed by atoms with Crippen LogP contribution in [0.3, 0.4) is 0 Å². The van der Waals surface area contributed by atoms with Crippen molar-refractivity contribution < 1.29 is 80.1 Å². The number of aliphatic hydroxyl groups is 5. The Morgan fingerprint density at radius 1 is 1.00 bits per heavy atom. The third-order valence-corrected chi connectivity index (χ3v) is 8.69. The van der Waals surface area contributed by atoms with Gasteiger partial charge in [-0.2, -0.15) is 26.3 Å². The third kappa shape index (κ3) is 12.1. The lowest BCUT2D eigenvalue weighted by Crippen LogP contribution is -2.48. The van der Waals surface area contributed by atoms with Crippen LogP contribution in [-0.4, -0.2) is 119 Å². The minimum absolute atomic E-state index is 0.00603. The minimum Gasteiger partial charge on any atom is -0.394 e. The Morgan fingerprint density at radius 2 is 1.56 bits per heavy atom. The van der Waals surface area contributed by atoms with E-state index in [0.717, 1.165) is 12.1 Å². The van der Waals surface area contributed by atoms with Gasteiger partial charge in [-0.3, -0.25) is 9.88 Å². The molecule has 7 unspecified atom stereocenters. The van der Waals surface area contributed by atoms with Crippen LogP contribution >= 0.6 is 7.75 Å². The summed E-state index contributed by atoms with van der Waals surface area (Å²) in [5, 5.41) is 51.1. The first-order chi connectivity index (χ1) is 25.0. The lowest BCUT2D eigenvalue weighted by atomic mass is 10.0. The molecule has 1 aliphatic rings. The van der Waals surface area contributed by atoms with Crippen LogP contribution in [0.4, 0.5) is 30.7 Å². The SMILES string of the molecule is CC(OC1OCCN(Cc2nn(P(=O)(O)O)c(=O)[nH]2)C1c1ccc(F)cc1)c1cc(C(F)(F)F)cc(C(F)(F)F)c1.CNCC(O)C(O)C(O)C(O)CO. The highest BCUT2D eigenvalue weighted by atomic mass is 31.2. The van der Waals surface area contributed by atoms with Crippen LogP contribution in [0.25, 0.3) is 0 Å². The molecule has 2 heterocycles. The van der Waals surface area contributed by atoms with E-state index in [9.17, 15) is 55.0 Å². The van der Waals surface area contributed by atoms with Crippen molar-refractivity contribution in [2.45, 2.75) is 68.7 Å². The van der Waals surface area contributed by atoms with Gasteiger partial charge in [-0.15, -0.1) is 9.55 Å². The maximum Gasteiger partial charge on any atom is 0.454 e. The van der Waals surface area contributed by atoms with Crippen LogP contribution in [0.1, 0.15) is 47.1 Å². The number of likely N-dealkylation sites (N-methyl/N-ethyl adjacent to an activating group) is 1. The maximum atomic E-state index is 13.7. The summed E-state index contributed by atoms with van der Waals surface area (Å²) >= 11 is 0. The van der Waals surface area contributed by atoms with E-state index in [0.29, 0.717) is 17.7 Å². The Morgan fingerprint density at radius 3 is 2.04 bits per heavy atom. The molecule has 16 nitrogen and oxygen atoms in total. The fourth-order valence-corrected chi connectivity index (χ4v) is 5.70. The number of halogens is 7. The van der Waals surface area contributed by atoms with Crippen LogP contribution in [0.15, 0.2) is 47.3 Å². The molecule has 0 spiro atoms. The molecule has 0 bridgehead atoms. The van der Waals surface area contributed by atoms with Gasteiger partial charge in [0.05, 0.1) is 49.1 Å². The predicted molar refractivity (Wildman–Crippen MR) is 171 cm³/mol. The van der Waals surface area contributed by atoms with Gasteiger partial charge >= 0.3 is 25.8 Å². The van der Waals surface area contributed by atoms with Crippen molar-refractivity contribution in [3.63, 3.8) is 0 Å². The number of morpholine rings is 1. The van der Waals surface area contributed by atoms with Gasteiger partial charge in [0.15, 0.2) is 6.29 Å². The van der Waals surface area contributed by atoms with E-state index in [1.165, 1.54) is 19.1 Å². The van der Waals surface area contributed by atoms with Crippen molar-refractivity contribution >= 4 is 7.75 Å². The number of ether oxygens (including phenoxy) is 2. The van der Waals surface area contributed by atoms with Gasteiger partial charge in [-0.1, -0.05) is 12.1 Å². The van der Waals surface area contributed by atoms with Gasteiger partial charge in [0.1, 0.15) is 30.0 Å². The molecule has 54 heavy (non-hydrogen) atoms. The molecule has 0 saturated carbocycles. The number of hydrogen-bond donors (Lipinski definition) is 9. The van der Waals surface area contributed by atoms with Crippen LogP contribution in [0.2, 0.25) is 0 Å². The Balaban J connectivity index is 0.000000515. The summed E-state index contributed by atoms with van der Waals surface area (Å²) in [6.07, 6.45) is -18.5. The normalized spacial score (nSPS) is 20.1. The first-order valence-electron chi connectivity index (χ1n) is 15.8. The second-order valence-electron chi connectivity index (χ2n) is 12.0. The number of nitrogens with one attached hydrogen (secondary N) is 2. The molecular weight excluding hydrogens is 770 g/mol. The van der Waals surface area contributed by atoms with Crippen LogP contribution < -0.4 is 11.0 Å². The zero-order chi connectivity index (χ0) is 40.8. The third-order valence-electron chi connectivity index (χ3n) is 7.93. The van der Waals surface area contributed by atoms with Crippen molar-refractivity contribution in [1.82, 2.24) is 24.8 Å². The molecule has 1 aromatic heterocycles. The molecule has 4 rings (SSSR count). The Kier molecular flexibility index (Phi) is 15.5. The second-order valence-corrected chi connectivity index (χ2v) is 13.4. The zero-order valence-corrected chi connectivity index (χ0v) is 29.2. The summed E-state index contributed by atoms with van der Waals surface area (Å²) in [5.74, 6) is -0.775. The molecule has 0 amide bonds. The number of alkyl halides is 6. The number of aromatic amines is 1. The quantitative estimate of drug-likeness (QED) is 0.0865. The summed E-state index contributed by atoms with van der Waals surface area (Å²) in [6, 6.07) is 5.01. The van der Waals surface area contributed by atoms with Crippen LogP contribution in [0, 0.1) is 5.82 Å². The molecular formula is C30H39F7N5O11P. The summed E-state index contributed by atoms with van der Waals surface area (Å²) < 4.78 is 117. The number of benzene rings is 2. The molecule has 2 aromatic carbocycles. The van der Waals surface area contributed by atoms with E-state index in [-0.39, 0.29) is 42.6 Å². The maximum absolute atomic E-state index is 13.7. The van der Waals surface area contributed by atoms with Crippen LogP contribution in [-0.2, 0) is 32.9 Å². The molecule has 9 N–H and O–H groups in total. The topological polar surface area (TPSA) is 243 Å². The fraction of sp³-hybridized carbons (Fsp3) is 0.533. The van der Waals surface area contributed by atoms with Crippen molar-refractivity contribution in [3.05, 3.63) is 86.8 Å².